The van der Waals surface area contributed by atoms with Crippen LogP contribution in [0.5, 0.6) is 0 Å². The zero-order valence-electron chi connectivity index (χ0n) is 19.5. The number of fused-ring (bicyclic) bond motifs is 1. The summed E-state index contributed by atoms with van der Waals surface area (Å²) in [4.78, 5) is 0.521. The van der Waals surface area contributed by atoms with Crippen LogP contribution in [0.4, 0.5) is 4.39 Å². The summed E-state index contributed by atoms with van der Waals surface area (Å²) >= 11 is 0. The topological polar surface area (TPSA) is 36.3 Å². The molecule has 0 amide bonds. The largest absolute Gasteiger partial charge is 0.361 e. The van der Waals surface area contributed by atoms with Gasteiger partial charge in [-0.3, -0.25) is 0 Å². The first kappa shape index (κ1) is 12.6. The SMILES string of the molecule is Br.[2H]C([2H])([2H])N(CCCC1(c2ccc(F)cc2)OCc2cc(C#N)ccc21)C([2H])([2H])[2H]. The Hall–Kier alpha value is -1.74. The molecule has 0 saturated carbocycles. The molecule has 1 atom stereocenters. The lowest BCUT2D eigenvalue weighted by atomic mass is 9.81. The molecule has 0 aromatic heterocycles. The fraction of sp³-hybridized carbons (Fsp3) is 0.350. The zero-order chi connectivity index (χ0) is 22.2. The smallest absolute Gasteiger partial charge is 0.123 e. The summed E-state index contributed by atoms with van der Waals surface area (Å²) in [5.74, 6) is -0.400. The van der Waals surface area contributed by atoms with Crippen molar-refractivity contribution in [2.75, 3.05) is 20.5 Å². The van der Waals surface area contributed by atoms with Gasteiger partial charge >= 0.3 is 0 Å². The maximum atomic E-state index is 13.5. The molecule has 1 unspecified atom stereocenters. The molecule has 25 heavy (non-hydrogen) atoms. The average Bonchev–Trinajstić information content (AvgIpc) is 3.02. The number of nitrogens with zero attached hydrogens (tertiary/aromatic N) is 2. The van der Waals surface area contributed by atoms with Crippen molar-refractivity contribution in [2.24, 2.45) is 0 Å². The number of hydrogen-bond acceptors (Lipinski definition) is 3. The van der Waals surface area contributed by atoms with E-state index in [1.165, 1.54) is 12.1 Å². The van der Waals surface area contributed by atoms with E-state index in [4.69, 9.17) is 18.2 Å². The molecule has 0 saturated heterocycles. The van der Waals surface area contributed by atoms with Gasteiger partial charge < -0.3 is 9.64 Å². The van der Waals surface area contributed by atoms with E-state index in [9.17, 15) is 4.39 Å². The summed E-state index contributed by atoms with van der Waals surface area (Å²) in [5, 5.41) is 9.16. The van der Waals surface area contributed by atoms with Crippen molar-refractivity contribution in [1.82, 2.24) is 4.90 Å². The summed E-state index contributed by atoms with van der Waals surface area (Å²) in [6.45, 7) is -5.47. The molecule has 3 nitrogen and oxygen atoms in total. The Morgan fingerprint density at radius 2 is 2.04 bits per heavy atom. The van der Waals surface area contributed by atoms with Crippen LogP contribution >= 0.6 is 17.0 Å². The normalized spacial score (nSPS) is 23.1. The lowest BCUT2D eigenvalue weighted by molar-refractivity contribution is -0.0140. The maximum absolute atomic E-state index is 13.5. The van der Waals surface area contributed by atoms with Crippen molar-refractivity contribution >= 4 is 17.0 Å². The molecule has 0 N–H and O–H groups in total. The van der Waals surface area contributed by atoms with Crippen LogP contribution in [0.25, 0.3) is 0 Å². The van der Waals surface area contributed by atoms with Crippen molar-refractivity contribution in [3.8, 4) is 6.07 Å². The van der Waals surface area contributed by atoms with Gasteiger partial charge in [-0.2, -0.15) is 5.26 Å². The summed E-state index contributed by atoms with van der Waals surface area (Å²) in [6, 6.07) is 13.1. The predicted molar refractivity (Wildman–Crippen MR) is 101 cm³/mol. The van der Waals surface area contributed by atoms with Crippen LogP contribution in [0.3, 0.4) is 0 Å². The summed E-state index contributed by atoms with van der Waals surface area (Å²) in [6.07, 6.45) is 0.508. The van der Waals surface area contributed by atoms with E-state index < -0.39 is 25.4 Å². The first-order valence-corrected chi connectivity index (χ1v) is 7.69. The number of rotatable bonds is 5. The number of hydrogen-bond donors (Lipinski definition) is 0. The van der Waals surface area contributed by atoms with Gasteiger partial charge in [0, 0.05) is 8.22 Å². The Labute approximate surface area is 167 Å². The highest BCUT2D eigenvalue weighted by atomic mass is 79.9. The third kappa shape index (κ3) is 3.92. The van der Waals surface area contributed by atoms with E-state index in [-0.39, 0.29) is 36.6 Å². The minimum absolute atomic E-state index is 0. The van der Waals surface area contributed by atoms with Crippen LogP contribution in [0.15, 0.2) is 42.5 Å². The highest BCUT2D eigenvalue weighted by Gasteiger charge is 2.41. The molecule has 0 bridgehead atoms. The highest BCUT2D eigenvalue weighted by molar-refractivity contribution is 8.93. The van der Waals surface area contributed by atoms with Gasteiger partial charge in [0.2, 0.25) is 0 Å². The van der Waals surface area contributed by atoms with Crippen molar-refractivity contribution in [3.63, 3.8) is 0 Å². The third-order valence-corrected chi connectivity index (χ3v) is 4.36. The van der Waals surface area contributed by atoms with Gasteiger partial charge in [0.25, 0.3) is 0 Å². The molecule has 0 radical (unpaired) electrons. The van der Waals surface area contributed by atoms with Crippen LogP contribution in [0, 0.1) is 17.1 Å². The Morgan fingerprint density at radius 3 is 2.72 bits per heavy atom. The fourth-order valence-electron chi connectivity index (χ4n) is 3.25. The monoisotopic (exact) mass is 410 g/mol. The standard InChI is InChI=1S/C20H21FN2O.BrH/c1-23(2)11-3-10-20(17-5-7-18(21)8-6-17)19-9-4-15(13-22)12-16(19)14-24-20;/h4-9,12H,3,10-11,14H2,1-2H3;1H/i1D3,2D3;. The Kier molecular flexibility index (Phi) is 4.07. The molecule has 2 aromatic rings. The molecule has 5 heteroatoms. The second kappa shape index (κ2) is 8.09. The number of benzene rings is 2. The highest BCUT2D eigenvalue weighted by Crippen LogP contribution is 2.45. The molecule has 0 fully saturated rings. The molecule has 2 aromatic carbocycles. The van der Waals surface area contributed by atoms with Crippen LogP contribution in [0.1, 0.15) is 43.3 Å². The van der Waals surface area contributed by atoms with Crippen LogP contribution < -0.4 is 0 Å². The quantitative estimate of drug-likeness (QED) is 0.732. The van der Waals surface area contributed by atoms with E-state index in [1.807, 2.05) is 0 Å². The third-order valence-electron chi connectivity index (χ3n) is 4.36. The van der Waals surface area contributed by atoms with Gasteiger partial charge in [-0.05, 0) is 74.3 Å². The molecule has 132 valence electrons. The average molecular weight is 411 g/mol. The summed E-state index contributed by atoms with van der Waals surface area (Å²) < 4.78 is 64.8. The van der Waals surface area contributed by atoms with Crippen LogP contribution in [-0.4, -0.2) is 25.4 Å². The molecule has 3 rings (SSSR count). The van der Waals surface area contributed by atoms with Crippen LogP contribution in [0.2, 0.25) is 0 Å². The molecular formula is C20H22BrFN2O. The van der Waals surface area contributed by atoms with Crippen molar-refractivity contribution in [2.45, 2.75) is 25.0 Å². The Balaban J connectivity index is 0.00000341. The van der Waals surface area contributed by atoms with Gasteiger partial charge in [0.1, 0.15) is 11.4 Å². The van der Waals surface area contributed by atoms with Gasteiger partial charge in [-0.15, -0.1) is 17.0 Å². The molecule has 1 aliphatic heterocycles. The molecular weight excluding hydrogens is 383 g/mol. The van der Waals surface area contributed by atoms with E-state index in [0.29, 0.717) is 22.4 Å². The maximum Gasteiger partial charge on any atom is 0.123 e. The summed E-state index contributed by atoms with van der Waals surface area (Å²) in [7, 11) is 0. The molecule has 0 spiro atoms. The fourth-order valence-corrected chi connectivity index (χ4v) is 3.25. The van der Waals surface area contributed by atoms with Gasteiger partial charge in [-0.1, -0.05) is 18.2 Å². The lowest BCUT2D eigenvalue weighted by Gasteiger charge is -2.31. The van der Waals surface area contributed by atoms with Crippen molar-refractivity contribution in [1.29, 1.82) is 5.26 Å². The predicted octanol–water partition coefficient (Wildman–Crippen LogP) is 4.39. The number of halogens is 2. The van der Waals surface area contributed by atoms with E-state index in [1.54, 1.807) is 30.3 Å². The molecule has 1 aliphatic rings. The van der Waals surface area contributed by atoms with E-state index in [2.05, 4.69) is 6.07 Å². The summed E-state index contributed by atoms with van der Waals surface area (Å²) in [5.41, 5.74) is 1.82. The minimum Gasteiger partial charge on any atom is -0.361 e. The van der Waals surface area contributed by atoms with Crippen molar-refractivity contribution < 1.29 is 17.4 Å². The first-order valence-electron chi connectivity index (χ1n) is 10.7. The van der Waals surface area contributed by atoms with Crippen LogP contribution in [-0.2, 0) is 16.9 Å². The van der Waals surface area contributed by atoms with E-state index in [0.717, 1.165) is 11.1 Å². The van der Waals surface area contributed by atoms with Gasteiger partial charge in [-0.25, -0.2) is 4.39 Å². The lowest BCUT2D eigenvalue weighted by Crippen LogP contribution is -2.28. The molecule has 0 aliphatic carbocycles. The number of nitriles is 1. The van der Waals surface area contributed by atoms with Crippen molar-refractivity contribution in [3.05, 3.63) is 70.5 Å². The molecule has 1 heterocycles. The minimum atomic E-state index is -2.76. The van der Waals surface area contributed by atoms with Gasteiger partial charge in [0.15, 0.2) is 0 Å². The number of ether oxygens (including phenoxy) is 1. The van der Waals surface area contributed by atoms with E-state index >= 15 is 0 Å². The Morgan fingerprint density at radius 1 is 1.28 bits per heavy atom. The first-order chi connectivity index (χ1) is 14.0. The zero-order valence-corrected chi connectivity index (χ0v) is 15.2. The Bertz CT molecular complexity index is 944. The second-order valence-electron chi connectivity index (χ2n) is 5.86. The van der Waals surface area contributed by atoms with Gasteiger partial charge in [0.05, 0.1) is 18.2 Å². The second-order valence-corrected chi connectivity index (χ2v) is 5.86.